The fraction of sp³-hybridized carbons (Fsp3) is 0.667. The molecule has 2 heterocycles. The standard InChI is InChI=1S/C15H24N4O3/c1-9-5-7-19(8-6-9)10(2)12(20)11-13(16)17(3)15(22)18(4)14(11)21/h9-10H,5-8,16H2,1-4H3. The molecule has 1 atom stereocenters. The largest absolute Gasteiger partial charge is 0.384 e. The van der Waals surface area contributed by atoms with Gasteiger partial charge in [-0.25, -0.2) is 4.79 Å². The van der Waals surface area contributed by atoms with Gasteiger partial charge in [0, 0.05) is 14.1 Å². The summed E-state index contributed by atoms with van der Waals surface area (Å²) in [4.78, 5) is 38.9. The molecule has 2 N–H and O–H groups in total. The van der Waals surface area contributed by atoms with Gasteiger partial charge in [0.05, 0.1) is 6.04 Å². The number of Topliss-reactive ketones (excluding diaryl/α,β-unsaturated/α-hetero) is 1. The van der Waals surface area contributed by atoms with Crippen molar-refractivity contribution in [2.24, 2.45) is 20.0 Å². The molecule has 0 radical (unpaired) electrons. The van der Waals surface area contributed by atoms with Crippen molar-refractivity contribution in [3.63, 3.8) is 0 Å². The third-order valence-corrected chi connectivity index (χ3v) is 4.70. The highest BCUT2D eigenvalue weighted by atomic mass is 16.2. The fourth-order valence-electron chi connectivity index (χ4n) is 2.88. The van der Waals surface area contributed by atoms with Gasteiger partial charge in [-0.2, -0.15) is 0 Å². The number of aromatic nitrogens is 2. The smallest absolute Gasteiger partial charge is 0.332 e. The average Bonchev–Trinajstić information content (AvgIpc) is 2.51. The number of nitrogen functional groups attached to an aromatic ring is 1. The molecule has 1 saturated heterocycles. The lowest BCUT2D eigenvalue weighted by atomic mass is 9.96. The zero-order chi connectivity index (χ0) is 16.6. The van der Waals surface area contributed by atoms with Crippen LogP contribution in [0.2, 0.25) is 0 Å². The van der Waals surface area contributed by atoms with E-state index in [1.54, 1.807) is 6.92 Å². The van der Waals surface area contributed by atoms with Gasteiger partial charge in [0.15, 0.2) is 5.78 Å². The molecule has 1 aliphatic heterocycles. The molecule has 1 fully saturated rings. The number of hydrogen-bond donors (Lipinski definition) is 1. The van der Waals surface area contributed by atoms with Crippen molar-refractivity contribution in [2.75, 3.05) is 18.8 Å². The minimum absolute atomic E-state index is 0.0599. The molecule has 2 rings (SSSR count). The van der Waals surface area contributed by atoms with Crippen LogP contribution in [0.5, 0.6) is 0 Å². The summed E-state index contributed by atoms with van der Waals surface area (Å²) in [6, 6.07) is -0.417. The van der Waals surface area contributed by atoms with Crippen molar-refractivity contribution in [1.29, 1.82) is 0 Å². The molecule has 0 amide bonds. The third-order valence-electron chi connectivity index (χ3n) is 4.70. The minimum atomic E-state index is -0.622. The predicted molar refractivity (Wildman–Crippen MR) is 85.1 cm³/mol. The van der Waals surface area contributed by atoms with Gasteiger partial charge in [0.25, 0.3) is 5.56 Å². The number of hydrogen-bond acceptors (Lipinski definition) is 5. The van der Waals surface area contributed by atoms with Gasteiger partial charge < -0.3 is 5.73 Å². The predicted octanol–water partition coefficient (Wildman–Crippen LogP) is -0.0307. The Morgan fingerprint density at radius 2 is 1.73 bits per heavy atom. The van der Waals surface area contributed by atoms with Crippen LogP contribution in [0, 0.1) is 5.92 Å². The summed E-state index contributed by atoms with van der Waals surface area (Å²) in [5, 5.41) is 0. The average molecular weight is 308 g/mol. The van der Waals surface area contributed by atoms with E-state index >= 15 is 0 Å². The van der Waals surface area contributed by atoms with Crippen LogP contribution in [-0.2, 0) is 14.1 Å². The number of carbonyl (C=O) groups excluding carboxylic acids is 1. The van der Waals surface area contributed by atoms with Crippen LogP contribution >= 0.6 is 0 Å². The Bertz CT molecular complexity index is 696. The molecule has 7 nitrogen and oxygen atoms in total. The highest BCUT2D eigenvalue weighted by molar-refractivity contribution is 6.03. The highest BCUT2D eigenvalue weighted by Gasteiger charge is 2.30. The number of anilines is 1. The number of likely N-dealkylation sites (tertiary alicyclic amines) is 1. The van der Waals surface area contributed by atoms with Gasteiger partial charge in [-0.3, -0.25) is 23.6 Å². The van der Waals surface area contributed by atoms with Gasteiger partial charge in [-0.1, -0.05) is 6.92 Å². The van der Waals surface area contributed by atoms with Gasteiger partial charge in [0.1, 0.15) is 11.4 Å². The summed E-state index contributed by atoms with van der Waals surface area (Å²) in [6.07, 6.45) is 2.08. The van der Waals surface area contributed by atoms with Crippen LogP contribution in [-0.4, -0.2) is 38.9 Å². The van der Waals surface area contributed by atoms with Crippen molar-refractivity contribution >= 4 is 11.6 Å². The van der Waals surface area contributed by atoms with Crippen molar-refractivity contribution in [1.82, 2.24) is 14.0 Å². The maximum absolute atomic E-state index is 12.7. The second kappa shape index (κ2) is 6.08. The number of piperidine rings is 1. The summed E-state index contributed by atoms with van der Waals surface area (Å²) in [5.74, 6) is 0.285. The summed E-state index contributed by atoms with van der Waals surface area (Å²) in [6.45, 7) is 5.66. The lowest BCUT2D eigenvalue weighted by Gasteiger charge is -2.34. The van der Waals surface area contributed by atoms with Crippen LogP contribution < -0.4 is 17.0 Å². The Balaban J connectivity index is 2.38. The number of rotatable bonds is 3. The van der Waals surface area contributed by atoms with E-state index in [4.69, 9.17) is 5.73 Å². The Morgan fingerprint density at radius 3 is 2.27 bits per heavy atom. The maximum atomic E-state index is 12.7. The van der Waals surface area contributed by atoms with E-state index in [0.717, 1.165) is 35.1 Å². The van der Waals surface area contributed by atoms with Crippen molar-refractivity contribution in [3.8, 4) is 0 Å². The molecule has 0 spiro atoms. The first-order valence-corrected chi connectivity index (χ1v) is 7.59. The van der Waals surface area contributed by atoms with Crippen molar-refractivity contribution < 1.29 is 4.79 Å². The van der Waals surface area contributed by atoms with Gasteiger partial charge in [-0.05, 0) is 38.8 Å². The molecule has 0 aromatic carbocycles. The molecule has 1 unspecified atom stereocenters. The first-order chi connectivity index (χ1) is 10.3. The van der Waals surface area contributed by atoms with E-state index in [-0.39, 0.29) is 17.2 Å². The zero-order valence-electron chi connectivity index (χ0n) is 13.6. The van der Waals surface area contributed by atoms with Crippen LogP contribution in [0.25, 0.3) is 0 Å². The maximum Gasteiger partial charge on any atom is 0.332 e. The van der Waals surface area contributed by atoms with Crippen molar-refractivity contribution in [2.45, 2.75) is 32.7 Å². The third kappa shape index (κ3) is 2.72. The first kappa shape index (κ1) is 16.5. The molecule has 0 saturated carbocycles. The highest BCUT2D eigenvalue weighted by Crippen LogP contribution is 2.20. The van der Waals surface area contributed by atoms with E-state index in [1.807, 2.05) is 0 Å². The lowest BCUT2D eigenvalue weighted by Crippen LogP contribution is -2.48. The summed E-state index contributed by atoms with van der Waals surface area (Å²) in [5.41, 5.74) is 4.61. The quantitative estimate of drug-likeness (QED) is 0.792. The van der Waals surface area contributed by atoms with E-state index in [0.29, 0.717) is 5.92 Å². The van der Waals surface area contributed by atoms with Gasteiger partial charge >= 0.3 is 5.69 Å². The number of ketones is 1. The molecule has 0 bridgehead atoms. The van der Waals surface area contributed by atoms with Gasteiger partial charge in [0.2, 0.25) is 0 Å². The molecule has 7 heteroatoms. The number of carbonyl (C=O) groups is 1. The van der Waals surface area contributed by atoms with Crippen molar-refractivity contribution in [3.05, 3.63) is 26.4 Å². The Morgan fingerprint density at radius 1 is 1.18 bits per heavy atom. The van der Waals surface area contributed by atoms with Crippen LogP contribution in [0.4, 0.5) is 5.82 Å². The molecule has 1 aromatic rings. The molecule has 0 aliphatic carbocycles. The lowest BCUT2D eigenvalue weighted by molar-refractivity contribution is 0.0777. The molecule has 122 valence electrons. The normalized spacial score (nSPS) is 18.4. The fourth-order valence-corrected chi connectivity index (χ4v) is 2.88. The zero-order valence-corrected chi connectivity index (χ0v) is 13.6. The van der Waals surface area contributed by atoms with E-state index in [1.165, 1.54) is 14.1 Å². The SMILES string of the molecule is CC1CCN(C(C)C(=O)c2c(N)n(C)c(=O)n(C)c2=O)CC1. The topological polar surface area (TPSA) is 90.3 Å². The number of nitrogens with two attached hydrogens (primary N) is 1. The summed E-state index contributed by atoms with van der Waals surface area (Å²) in [7, 11) is 2.81. The molecular weight excluding hydrogens is 284 g/mol. The van der Waals surface area contributed by atoms with E-state index in [9.17, 15) is 14.4 Å². The van der Waals surface area contributed by atoms with E-state index in [2.05, 4.69) is 11.8 Å². The van der Waals surface area contributed by atoms with Crippen LogP contribution in [0.15, 0.2) is 9.59 Å². The molecule has 1 aromatic heterocycles. The Labute approximate surface area is 129 Å². The van der Waals surface area contributed by atoms with Crippen LogP contribution in [0.1, 0.15) is 37.0 Å². The second-order valence-corrected chi connectivity index (χ2v) is 6.22. The van der Waals surface area contributed by atoms with Crippen LogP contribution in [0.3, 0.4) is 0 Å². The number of nitrogens with zero attached hydrogens (tertiary/aromatic N) is 3. The molecule has 22 heavy (non-hydrogen) atoms. The second-order valence-electron chi connectivity index (χ2n) is 6.22. The molecular formula is C15H24N4O3. The Hall–Kier alpha value is -1.89. The minimum Gasteiger partial charge on any atom is -0.384 e. The van der Waals surface area contributed by atoms with E-state index < -0.39 is 17.3 Å². The monoisotopic (exact) mass is 308 g/mol. The molecule has 1 aliphatic rings. The Kier molecular flexibility index (Phi) is 4.55. The summed E-state index contributed by atoms with van der Waals surface area (Å²) < 4.78 is 2.06. The summed E-state index contributed by atoms with van der Waals surface area (Å²) >= 11 is 0. The van der Waals surface area contributed by atoms with Gasteiger partial charge in [-0.15, -0.1) is 0 Å². The first-order valence-electron chi connectivity index (χ1n) is 7.59.